The maximum Gasteiger partial charge on any atom is 0.303 e. The minimum atomic E-state index is -0.855. The van der Waals surface area contributed by atoms with Gasteiger partial charge in [-0.2, -0.15) is 0 Å². The van der Waals surface area contributed by atoms with Crippen LogP contribution in [0.25, 0.3) is 0 Å². The Bertz CT molecular complexity index is 787. The van der Waals surface area contributed by atoms with Gasteiger partial charge >= 0.3 is 5.97 Å². The van der Waals surface area contributed by atoms with Crippen LogP contribution in [0.1, 0.15) is 36.4 Å². The summed E-state index contributed by atoms with van der Waals surface area (Å²) in [6.45, 7) is 2.85. The molecule has 0 radical (unpaired) electrons. The van der Waals surface area contributed by atoms with Crippen molar-refractivity contribution < 1.29 is 14.7 Å². The smallest absolute Gasteiger partial charge is 0.303 e. The van der Waals surface area contributed by atoms with E-state index in [9.17, 15) is 9.59 Å². The van der Waals surface area contributed by atoms with E-state index >= 15 is 0 Å². The highest BCUT2D eigenvalue weighted by Gasteiger charge is 2.28. The Morgan fingerprint density at radius 3 is 2.11 bits per heavy atom. The molecule has 1 N–H and O–H groups in total. The van der Waals surface area contributed by atoms with Crippen LogP contribution in [0.5, 0.6) is 0 Å². The van der Waals surface area contributed by atoms with E-state index in [1.54, 1.807) is 0 Å². The van der Waals surface area contributed by atoms with Gasteiger partial charge in [-0.25, -0.2) is 0 Å². The van der Waals surface area contributed by atoms with Gasteiger partial charge in [-0.3, -0.25) is 14.5 Å². The lowest BCUT2D eigenvalue weighted by Crippen LogP contribution is -2.49. The number of hydrogen-bond acceptors (Lipinski definition) is 3. The number of carbonyl (C=O) groups is 2. The monoisotopic (exact) mass is 400 g/mol. The van der Waals surface area contributed by atoms with Crippen molar-refractivity contribution in [2.24, 2.45) is 0 Å². The Hall–Kier alpha value is -2.37. The molecule has 1 saturated heterocycles. The highest BCUT2D eigenvalue weighted by molar-refractivity contribution is 6.30. The van der Waals surface area contributed by atoms with Crippen molar-refractivity contribution in [3.63, 3.8) is 0 Å². The first kappa shape index (κ1) is 20.4. The van der Waals surface area contributed by atoms with Crippen molar-refractivity contribution >= 4 is 23.5 Å². The topological polar surface area (TPSA) is 60.9 Å². The zero-order valence-corrected chi connectivity index (χ0v) is 16.5. The van der Waals surface area contributed by atoms with Crippen LogP contribution in [0.15, 0.2) is 54.6 Å². The van der Waals surface area contributed by atoms with Crippen LogP contribution in [0, 0.1) is 0 Å². The van der Waals surface area contributed by atoms with Crippen molar-refractivity contribution in [1.82, 2.24) is 9.80 Å². The summed E-state index contributed by atoms with van der Waals surface area (Å²) in [5, 5.41) is 9.44. The van der Waals surface area contributed by atoms with Crippen LogP contribution in [0.4, 0.5) is 0 Å². The molecule has 2 aromatic carbocycles. The number of halogens is 1. The van der Waals surface area contributed by atoms with Crippen molar-refractivity contribution in [3.8, 4) is 0 Å². The molecule has 1 amide bonds. The average Bonchev–Trinajstić information content (AvgIpc) is 2.71. The highest BCUT2D eigenvalue weighted by Crippen LogP contribution is 2.30. The second-order valence-corrected chi connectivity index (χ2v) is 7.47. The number of piperazine rings is 1. The van der Waals surface area contributed by atoms with Gasteiger partial charge in [0.2, 0.25) is 5.91 Å². The van der Waals surface area contributed by atoms with E-state index in [2.05, 4.69) is 29.2 Å². The zero-order chi connectivity index (χ0) is 19.9. The third kappa shape index (κ3) is 5.33. The molecule has 28 heavy (non-hydrogen) atoms. The molecule has 6 heteroatoms. The summed E-state index contributed by atoms with van der Waals surface area (Å²) in [4.78, 5) is 27.2. The van der Waals surface area contributed by atoms with Crippen molar-refractivity contribution in [2.45, 2.75) is 25.3 Å². The fourth-order valence-corrected chi connectivity index (χ4v) is 3.80. The Morgan fingerprint density at radius 1 is 0.893 bits per heavy atom. The Balaban J connectivity index is 1.67. The van der Waals surface area contributed by atoms with Gasteiger partial charge in [0.05, 0.1) is 6.04 Å². The number of carbonyl (C=O) groups excluding carboxylic acids is 1. The highest BCUT2D eigenvalue weighted by atomic mass is 35.5. The molecule has 1 fully saturated rings. The predicted molar refractivity (Wildman–Crippen MR) is 109 cm³/mol. The first-order chi connectivity index (χ1) is 13.5. The lowest BCUT2D eigenvalue weighted by Gasteiger charge is -2.40. The number of benzene rings is 2. The summed E-state index contributed by atoms with van der Waals surface area (Å²) >= 11 is 6.07. The van der Waals surface area contributed by atoms with Crippen LogP contribution in [-0.4, -0.2) is 53.0 Å². The van der Waals surface area contributed by atoms with E-state index in [0.717, 1.165) is 13.1 Å². The van der Waals surface area contributed by atoms with E-state index in [0.29, 0.717) is 31.0 Å². The second-order valence-electron chi connectivity index (χ2n) is 7.03. The standard InChI is InChI=1S/C22H25ClN2O3/c23-19-11-9-18(10-12-19)22(17-5-2-1-3-6-17)25-15-13-24(14-16-25)20(26)7-4-8-21(27)28/h1-3,5-6,9-12,22H,4,7-8,13-16H2,(H,27,28)/t22-/m1/s1. The van der Waals surface area contributed by atoms with E-state index < -0.39 is 5.97 Å². The minimum absolute atomic E-state index is 0.0400. The van der Waals surface area contributed by atoms with Gasteiger partial charge in [0, 0.05) is 44.0 Å². The molecule has 0 bridgehead atoms. The second kappa shape index (κ2) is 9.71. The lowest BCUT2D eigenvalue weighted by molar-refractivity contribution is -0.137. The third-order valence-electron chi connectivity index (χ3n) is 5.11. The van der Waals surface area contributed by atoms with Gasteiger partial charge < -0.3 is 10.0 Å². The quantitative estimate of drug-likeness (QED) is 0.767. The van der Waals surface area contributed by atoms with Crippen LogP contribution in [0.2, 0.25) is 5.02 Å². The zero-order valence-electron chi connectivity index (χ0n) is 15.8. The fourth-order valence-electron chi connectivity index (χ4n) is 3.67. The maximum absolute atomic E-state index is 12.3. The molecule has 0 saturated carbocycles. The SMILES string of the molecule is O=C(O)CCCC(=O)N1CCN([C@H](c2ccccc2)c2ccc(Cl)cc2)CC1. The Morgan fingerprint density at radius 2 is 1.50 bits per heavy atom. The molecule has 0 unspecified atom stereocenters. The molecule has 1 atom stereocenters. The van der Waals surface area contributed by atoms with Gasteiger partial charge in [0.1, 0.15) is 0 Å². The average molecular weight is 401 g/mol. The normalized spacial score (nSPS) is 16.0. The van der Waals surface area contributed by atoms with Gasteiger partial charge in [-0.15, -0.1) is 0 Å². The molecule has 148 valence electrons. The minimum Gasteiger partial charge on any atom is -0.481 e. The van der Waals surface area contributed by atoms with Gasteiger partial charge in [0.25, 0.3) is 0 Å². The number of rotatable bonds is 7. The van der Waals surface area contributed by atoms with Crippen LogP contribution in [0.3, 0.4) is 0 Å². The van der Waals surface area contributed by atoms with E-state index in [4.69, 9.17) is 16.7 Å². The predicted octanol–water partition coefficient (Wildman–Crippen LogP) is 3.83. The van der Waals surface area contributed by atoms with Crippen molar-refractivity contribution in [1.29, 1.82) is 0 Å². The molecular formula is C22H25ClN2O3. The summed E-state index contributed by atoms with van der Waals surface area (Å²) in [6, 6.07) is 18.4. The lowest BCUT2D eigenvalue weighted by atomic mass is 9.96. The summed E-state index contributed by atoms with van der Waals surface area (Å²) in [6.07, 6.45) is 0.732. The van der Waals surface area contributed by atoms with Crippen LogP contribution < -0.4 is 0 Å². The molecule has 0 aliphatic carbocycles. The van der Waals surface area contributed by atoms with E-state index in [1.807, 2.05) is 35.2 Å². The molecule has 0 spiro atoms. The van der Waals surface area contributed by atoms with Gasteiger partial charge in [0.15, 0.2) is 0 Å². The molecule has 5 nitrogen and oxygen atoms in total. The van der Waals surface area contributed by atoms with Crippen molar-refractivity contribution in [2.75, 3.05) is 26.2 Å². The molecule has 1 aliphatic heterocycles. The van der Waals surface area contributed by atoms with Crippen molar-refractivity contribution in [3.05, 3.63) is 70.7 Å². The summed E-state index contributed by atoms with van der Waals surface area (Å²) in [5.74, 6) is -0.810. The number of aliphatic carboxylic acids is 1. The molecular weight excluding hydrogens is 376 g/mol. The molecule has 1 aliphatic rings. The van der Waals surface area contributed by atoms with E-state index in [1.165, 1.54) is 11.1 Å². The van der Waals surface area contributed by atoms with E-state index in [-0.39, 0.29) is 18.4 Å². The summed E-state index contributed by atoms with van der Waals surface area (Å²) < 4.78 is 0. The van der Waals surface area contributed by atoms with Crippen LogP contribution in [-0.2, 0) is 9.59 Å². The largest absolute Gasteiger partial charge is 0.481 e. The Kier molecular flexibility index (Phi) is 7.06. The van der Waals surface area contributed by atoms with Gasteiger partial charge in [-0.1, -0.05) is 54.1 Å². The Labute approximate surface area is 170 Å². The van der Waals surface area contributed by atoms with Crippen LogP contribution >= 0.6 is 11.6 Å². The number of carboxylic acid groups (broad SMARTS) is 1. The summed E-state index contributed by atoms with van der Waals surface area (Å²) in [7, 11) is 0. The molecule has 0 aromatic heterocycles. The number of hydrogen-bond donors (Lipinski definition) is 1. The molecule has 1 heterocycles. The first-order valence-corrected chi connectivity index (χ1v) is 9.96. The third-order valence-corrected chi connectivity index (χ3v) is 5.37. The van der Waals surface area contributed by atoms with Gasteiger partial charge in [-0.05, 0) is 29.7 Å². The number of amides is 1. The number of carboxylic acids is 1. The first-order valence-electron chi connectivity index (χ1n) is 9.58. The molecule has 3 rings (SSSR count). The number of nitrogens with zero attached hydrogens (tertiary/aromatic N) is 2. The maximum atomic E-state index is 12.3. The molecule has 2 aromatic rings. The summed E-state index contributed by atoms with van der Waals surface area (Å²) in [5.41, 5.74) is 2.39. The fraction of sp³-hybridized carbons (Fsp3) is 0.364.